The Hall–Kier alpha value is 0.0500. The fraction of sp³-hybridized carbons (Fsp3) is 0.667. The van der Waals surface area contributed by atoms with Gasteiger partial charge >= 0.3 is 0 Å². The molecular weight excluding hydrogens is 348 g/mol. The number of thiophene rings is 1. The van der Waals surface area contributed by atoms with Gasteiger partial charge in [-0.2, -0.15) is 0 Å². The second-order valence-electron chi connectivity index (χ2n) is 5.05. The maximum absolute atomic E-state index is 12.3. The van der Waals surface area contributed by atoms with Gasteiger partial charge in [-0.3, -0.25) is 0 Å². The molecule has 0 spiro atoms. The van der Waals surface area contributed by atoms with E-state index in [0.717, 1.165) is 4.88 Å². The molecule has 0 aromatic carbocycles. The third kappa shape index (κ3) is 4.01. The van der Waals surface area contributed by atoms with Gasteiger partial charge in [0.25, 0.3) is 0 Å². The minimum absolute atomic E-state index is 0.353. The Morgan fingerprint density at radius 2 is 2.21 bits per heavy atom. The summed E-state index contributed by atoms with van der Waals surface area (Å²) in [7, 11) is -1.56. The average Bonchev–Trinajstić information content (AvgIpc) is 3.12. The molecule has 0 radical (unpaired) electrons. The summed E-state index contributed by atoms with van der Waals surface area (Å²) in [4.78, 5) is 1.36. The van der Waals surface area contributed by atoms with Gasteiger partial charge in [0.2, 0.25) is 10.0 Å². The van der Waals surface area contributed by atoms with E-state index in [4.69, 9.17) is 0 Å². The molecule has 1 heterocycles. The van der Waals surface area contributed by atoms with E-state index in [1.54, 1.807) is 6.07 Å². The lowest BCUT2D eigenvalue weighted by atomic mass is 10.1. The van der Waals surface area contributed by atoms with Crippen molar-refractivity contribution in [1.82, 2.24) is 10.0 Å². The van der Waals surface area contributed by atoms with Gasteiger partial charge in [0.05, 0.1) is 3.79 Å². The summed E-state index contributed by atoms with van der Waals surface area (Å²) in [5.41, 5.74) is 0. The number of hydrogen-bond acceptors (Lipinski definition) is 4. The summed E-state index contributed by atoms with van der Waals surface area (Å²) >= 11 is 4.80. The van der Waals surface area contributed by atoms with E-state index in [1.807, 2.05) is 7.05 Å². The molecule has 19 heavy (non-hydrogen) atoms. The molecule has 0 saturated heterocycles. The molecule has 0 aliphatic heterocycles. The van der Waals surface area contributed by atoms with Crippen LogP contribution in [0, 0.1) is 11.8 Å². The maximum Gasteiger partial charge on any atom is 0.242 e. The van der Waals surface area contributed by atoms with Crippen molar-refractivity contribution < 1.29 is 8.42 Å². The summed E-state index contributed by atoms with van der Waals surface area (Å²) in [6, 6.07) is 1.73. The van der Waals surface area contributed by atoms with Crippen LogP contribution in [0.1, 0.15) is 24.6 Å². The zero-order valence-electron chi connectivity index (χ0n) is 11.1. The van der Waals surface area contributed by atoms with Crippen molar-refractivity contribution in [3.63, 3.8) is 0 Å². The van der Waals surface area contributed by atoms with Crippen molar-refractivity contribution >= 4 is 37.3 Å². The minimum atomic E-state index is -3.40. The van der Waals surface area contributed by atoms with Crippen LogP contribution in [0.15, 0.2) is 14.7 Å². The van der Waals surface area contributed by atoms with Crippen molar-refractivity contribution in [1.29, 1.82) is 0 Å². The Morgan fingerprint density at radius 1 is 1.53 bits per heavy atom. The second-order valence-corrected chi connectivity index (χ2v) is 9.24. The van der Waals surface area contributed by atoms with Gasteiger partial charge in [0, 0.05) is 18.0 Å². The zero-order valence-corrected chi connectivity index (χ0v) is 14.3. The molecule has 1 aromatic heterocycles. The van der Waals surface area contributed by atoms with Gasteiger partial charge in [-0.15, -0.1) is 11.3 Å². The molecule has 1 fully saturated rings. The van der Waals surface area contributed by atoms with Crippen LogP contribution in [0.4, 0.5) is 0 Å². The summed E-state index contributed by atoms with van der Waals surface area (Å²) < 4.78 is 27.9. The van der Waals surface area contributed by atoms with E-state index in [2.05, 4.69) is 32.9 Å². The normalized spacial score (nSPS) is 17.6. The van der Waals surface area contributed by atoms with Gasteiger partial charge in [0.15, 0.2) is 0 Å². The zero-order chi connectivity index (χ0) is 14.0. The van der Waals surface area contributed by atoms with Crippen LogP contribution in [-0.2, 0) is 16.6 Å². The largest absolute Gasteiger partial charge is 0.315 e. The molecule has 0 bridgehead atoms. The van der Waals surface area contributed by atoms with Gasteiger partial charge in [-0.05, 0) is 53.7 Å². The Kier molecular flexibility index (Phi) is 5.05. The summed E-state index contributed by atoms with van der Waals surface area (Å²) in [5, 5.41) is 3.02. The molecular formula is C12H19BrN2O2S2. The number of nitrogens with one attached hydrogen (secondary N) is 2. The Morgan fingerprint density at radius 3 is 2.79 bits per heavy atom. The smallest absolute Gasteiger partial charge is 0.242 e. The highest BCUT2D eigenvalue weighted by Crippen LogP contribution is 2.36. The number of hydrogen-bond donors (Lipinski definition) is 2. The van der Waals surface area contributed by atoms with Crippen molar-refractivity contribution in [2.75, 3.05) is 13.6 Å². The maximum atomic E-state index is 12.3. The predicted molar refractivity (Wildman–Crippen MR) is 81.9 cm³/mol. The molecule has 1 aliphatic carbocycles. The molecule has 2 N–H and O–H groups in total. The van der Waals surface area contributed by atoms with Crippen LogP contribution in [0.2, 0.25) is 0 Å². The average molecular weight is 367 g/mol. The Labute approximate surface area is 127 Å². The molecule has 1 atom stereocenters. The topological polar surface area (TPSA) is 58.2 Å². The van der Waals surface area contributed by atoms with Gasteiger partial charge < -0.3 is 5.32 Å². The van der Waals surface area contributed by atoms with Crippen molar-refractivity contribution in [2.24, 2.45) is 11.8 Å². The lowest BCUT2D eigenvalue weighted by Gasteiger charge is -2.11. The molecule has 1 aliphatic rings. The lowest BCUT2D eigenvalue weighted by Crippen LogP contribution is -2.29. The van der Waals surface area contributed by atoms with Crippen LogP contribution in [0.5, 0.6) is 0 Å². The minimum Gasteiger partial charge on any atom is -0.315 e. The SMILES string of the molecule is CNCc1cc(S(=O)(=O)NCC(C)C2CC2)c(Br)s1. The molecule has 7 heteroatoms. The number of sulfonamides is 1. The predicted octanol–water partition coefficient (Wildman–Crippen LogP) is 2.55. The standard InChI is InChI=1S/C12H19BrN2O2S2/c1-8(9-3-4-9)6-15-19(16,17)11-5-10(7-14-2)18-12(11)13/h5,8-9,14-15H,3-4,6-7H2,1-2H3. The monoisotopic (exact) mass is 366 g/mol. The molecule has 1 aromatic rings. The Balaban J connectivity index is 2.05. The van der Waals surface area contributed by atoms with E-state index in [1.165, 1.54) is 24.2 Å². The first-order valence-corrected chi connectivity index (χ1v) is 9.45. The highest BCUT2D eigenvalue weighted by Gasteiger charge is 2.29. The first-order valence-electron chi connectivity index (χ1n) is 6.36. The van der Waals surface area contributed by atoms with Crippen molar-refractivity contribution in [3.05, 3.63) is 14.7 Å². The third-order valence-corrected chi connectivity index (χ3v) is 7.04. The van der Waals surface area contributed by atoms with E-state index >= 15 is 0 Å². The van der Waals surface area contributed by atoms with Gasteiger partial charge in [-0.1, -0.05) is 6.92 Å². The number of rotatable bonds is 7. The van der Waals surface area contributed by atoms with Crippen LogP contribution in [-0.4, -0.2) is 22.0 Å². The molecule has 108 valence electrons. The van der Waals surface area contributed by atoms with E-state index < -0.39 is 10.0 Å². The first-order chi connectivity index (χ1) is 8.94. The second kappa shape index (κ2) is 6.22. The van der Waals surface area contributed by atoms with E-state index in [-0.39, 0.29) is 0 Å². The van der Waals surface area contributed by atoms with Crippen molar-refractivity contribution in [3.8, 4) is 0 Å². The molecule has 2 rings (SSSR count). The molecule has 0 amide bonds. The van der Waals surface area contributed by atoms with E-state index in [9.17, 15) is 8.42 Å². The third-order valence-electron chi connectivity index (χ3n) is 3.37. The van der Waals surface area contributed by atoms with Crippen LogP contribution < -0.4 is 10.0 Å². The van der Waals surface area contributed by atoms with Crippen LogP contribution in [0.25, 0.3) is 0 Å². The molecule has 4 nitrogen and oxygen atoms in total. The lowest BCUT2D eigenvalue weighted by molar-refractivity contribution is 0.492. The van der Waals surface area contributed by atoms with E-state index in [0.29, 0.717) is 33.6 Å². The summed E-state index contributed by atoms with van der Waals surface area (Å²) in [6.07, 6.45) is 2.47. The van der Waals surface area contributed by atoms with Crippen molar-refractivity contribution in [2.45, 2.75) is 31.2 Å². The van der Waals surface area contributed by atoms with Gasteiger partial charge in [0.1, 0.15) is 4.90 Å². The summed E-state index contributed by atoms with van der Waals surface area (Å²) in [6.45, 7) is 3.31. The molecule has 1 saturated carbocycles. The fourth-order valence-corrected chi connectivity index (χ4v) is 5.83. The number of halogens is 1. The summed E-state index contributed by atoms with van der Waals surface area (Å²) in [5.74, 6) is 1.12. The first kappa shape index (κ1) is 15.4. The quantitative estimate of drug-likeness (QED) is 0.779. The van der Waals surface area contributed by atoms with Crippen LogP contribution in [0.3, 0.4) is 0 Å². The van der Waals surface area contributed by atoms with Crippen LogP contribution >= 0.6 is 27.3 Å². The highest BCUT2D eigenvalue weighted by atomic mass is 79.9. The molecule has 1 unspecified atom stereocenters. The highest BCUT2D eigenvalue weighted by molar-refractivity contribution is 9.11. The fourth-order valence-electron chi connectivity index (χ4n) is 1.99. The Bertz CT molecular complexity index is 538. The van der Waals surface area contributed by atoms with Gasteiger partial charge in [-0.25, -0.2) is 13.1 Å².